The van der Waals surface area contributed by atoms with Crippen LogP contribution in [0.25, 0.3) is 0 Å². The van der Waals surface area contributed by atoms with E-state index >= 15 is 0 Å². The predicted octanol–water partition coefficient (Wildman–Crippen LogP) is 3.77. The minimum Gasteiger partial charge on any atom is -0.334 e. The van der Waals surface area contributed by atoms with Crippen LogP contribution in [0.2, 0.25) is 0 Å². The lowest BCUT2D eigenvalue weighted by Crippen LogP contribution is -2.36. The second-order valence-electron chi connectivity index (χ2n) is 5.70. The Morgan fingerprint density at radius 1 is 1.40 bits per heavy atom. The van der Waals surface area contributed by atoms with Gasteiger partial charge in [-0.15, -0.1) is 0 Å². The average Bonchev–Trinajstić information content (AvgIpc) is 2.89. The zero-order valence-electron chi connectivity index (χ0n) is 12.4. The average molecular weight is 285 g/mol. The van der Waals surface area contributed by atoms with E-state index in [0.717, 1.165) is 25.3 Å². The molecule has 1 aliphatic carbocycles. The summed E-state index contributed by atoms with van der Waals surface area (Å²) in [7, 11) is 0. The normalized spacial score (nSPS) is 21.0. The molecule has 1 fully saturated rings. The van der Waals surface area contributed by atoms with E-state index in [9.17, 15) is 8.78 Å². The highest BCUT2D eigenvalue weighted by molar-refractivity contribution is 5.03. The van der Waals surface area contributed by atoms with Gasteiger partial charge in [-0.05, 0) is 38.6 Å². The predicted molar refractivity (Wildman–Crippen MR) is 75.8 cm³/mol. The Morgan fingerprint density at radius 2 is 2.10 bits per heavy atom. The maximum atomic E-state index is 13.3. The first-order chi connectivity index (χ1) is 9.57. The molecule has 0 spiro atoms. The van der Waals surface area contributed by atoms with Gasteiger partial charge in [0, 0.05) is 31.8 Å². The molecule has 114 valence electrons. The van der Waals surface area contributed by atoms with Crippen molar-refractivity contribution >= 4 is 0 Å². The molecule has 1 heterocycles. The number of nitrogens with one attached hydrogen (secondary N) is 1. The summed E-state index contributed by atoms with van der Waals surface area (Å²) >= 11 is 0. The first kappa shape index (κ1) is 15.4. The molecule has 3 nitrogen and oxygen atoms in total. The van der Waals surface area contributed by atoms with Crippen LogP contribution in [0.1, 0.15) is 57.8 Å². The lowest BCUT2D eigenvalue weighted by atomic mass is 9.81. The molecule has 1 N–H and O–H groups in total. The third-order valence-corrected chi connectivity index (χ3v) is 4.21. The SMILES string of the molecule is CCCNC(c1nccn1CC)C1CCC(F)(F)CC1. The first-order valence-electron chi connectivity index (χ1n) is 7.69. The number of alkyl halides is 2. The van der Waals surface area contributed by atoms with Crippen LogP contribution < -0.4 is 5.32 Å². The second kappa shape index (κ2) is 6.66. The molecule has 5 heteroatoms. The highest BCUT2D eigenvalue weighted by atomic mass is 19.3. The molecular formula is C15H25F2N3. The van der Waals surface area contributed by atoms with Crippen LogP contribution in [0, 0.1) is 5.92 Å². The number of hydrogen-bond donors (Lipinski definition) is 1. The smallest absolute Gasteiger partial charge is 0.248 e. The van der Waals surface area contributed by atoms with E-state index in [1.807, 2.05) is 6.20 Å². The van der Waals surface area contributed by atoms with E-state index in [2.05, 4.69) is 28.7 Å². The molecule has 1 saturated carbocycles. The van der Waals surface area contributed by atoms with Crippen molar-refractivity contribution in [2.24, 2.45) is 5.92 Å². The molecule has 1 atom stereocenters. The Bertz CT molecular complexity index is 407. The molecule has 2 rings (SSSR count). The molecule has 1 unspecified atom stereocenters. The molecule has 0 aromatic carbocycles. The fraction of sp³-hybridized carbons (Fsp3) is 0.800. The molecule has 0 radical (unpaired) electrons. The van der Waals surface area contributed by atoms with Crippen molar-refractivity contribution in [1.82, 2.24) is 14.9 Å². The number of imidazole rings is 1. The van der Waals surface area contributed by atoms with E-state index < -0.39 is 5.92 Å². The Kier molecular flexibility index (Phi) is 5.13. The minimum atomic E-state index is -2.47. The number of rotatable bonds is 6. The van der Waals surface area contributed by atoms with Crippen LogP contribution in [0.4, 0.5) is 8.78 Å². The zero-order chi connectivity index (χ0) is 14.6. The van der Waals surface area contributed by atoms with Crippen LogP contribution in [0.3, 0.4) is 0 Å². The van der Waals surface area contributed by atoms with Gasteiger partial charge in [-0.1, -0.05) is 6.92 Å². The highest BCUT2D eigenvalue weighted by Crippen LogP contribution is 2.41. The standard InChI is InChI=1S/C15H25F2N3/c1-3-9-18-13(14-19-10-11-20(14)4-2)12-5-7-15(16,17)8-6-12/h10-13,18H,3-9H2,1-2H3. The topological polar surface area (TPSA) is 29.9 Å². The van der Waals surface area contributed by atoms with Gasteiger partial charge in [0.2, 0.25) is 5.92 Å². The van der Waals surface area contributed by atoms with Gasteiger partial charge >= 0.3 is 0 Å². The summed E-state index contributed by atoms with van der Waals surface area (Å²) in [6.07, 6.45) is 5.97. The van der Waals surface area contributed by atoms with E-state index in [1.54, 1.807) is 6.20 Å². The van der Waals surface area contributed by atoms with E-state index in [-0.39, 0.29) is 24.8 Å². The van der Waals surface area contributed by atoms with Crippen molar-refractivity contribution in [3.63, 3.8) is 0 Å². The summed E-state index contributed by atoms with van der Waals surface area (Å²) in [4.78, 5) is 4.46. The number of halogens is 2. The monoisotopic (exact) mass is 285 g/mol. The van der Waals surface area contributed by atoms with E-state index in [4.69, 9.17) is 0 Å². The van der Waals surface area contributed by atoms with E-state index in [0.29, 0.717) is 12.8 Å². The third-order valence-electron chi connectivity index (χ3n) is 4.21. The highest BCUT2D eigenvalue weighted by Gasteiger charge is 2.38. The largest absolute Gasteiger partial charge is 0.334 e. The Balaban J connectivity index is 2.12. The van der Waals surface area contributed by atoms with Crippen LogP contribution in [-0.4, -0.2) is 22.0 Å². The fourth-order valence-corrected chi connectivity index (χ4v) is 3.03. The van der Waals surface area contributed by atoms with E-state index in [1.165, 1.54) is 0 Å². The molecule has 1 aromatic rings. The van der Waals surface area contributed by atoms with Crippen LogP contribution in [0.15, 0.2) is 12.4 Å². The van der Waals surface area contributed by atoms with Gasteiger partial charge in [-0.3, -0.25) is 0 Å². The van der Waals surface area contributed by atoms with Crippen molar-refractivity contribution < 1.29 is 8.78 Å². The molecule has 1 aliphatic rings. The first-order valence-corrected chi connectivity index (χ1v) is 7.69. The maximum absolute atomic E-state index is 13.3. The quantitative estimate of drug-likeness (QED) is 0.862. The van der Waals surface area contributed by atoms with Crippen molar-refractivity contribution in [3.8, 4) is 0 Å². The summed E-state index contributed by atoms with van der Waals surface area (Å²) in [6.45, 7) is 5.96. The van der Waals surface area contributed by atoms with Gasteiger partial charge in [0.15, 0.2) is 0 Å². The fourth-order valence-electron chi connectivity index (χ4n) is 3.03. The molecular weight excluding hydrogens is 260 g/mol. The van der Waals surface area contributed by atoms with Gasteiger partial charge in [0.1, 0.15) is 5.82 Å². The van der Waals surface area contributed by atoms with Crippen molar-refractivity contribution in [1.29, 1.82) is 0 Å². The number of aryl methyl sites for hydroxylation is 1. The summed E-state index contributed by atoms with van der Waals surface area (Å²) < 4.78 is 28.8. The molecule has 0 amide bonds. The molecule has 0 saturated heterocycles. The molecule has 0 aliphatic heterocycles. The van der Waals surface area contributed by atoms with Gasteiger partial charge < -0.3 is 9.88 Å². The third kappa shape index (κ3) is 3.57. The van der Waals surface area contributed by atoms with Crippen molar-refractivity contribution in [3.05, 3.63) is 18.2 Å². The van der Waals surface area contributed by atoms with Crippen molar-refractivity contribution in [2.75, 3.05) is 6.54 Å². The van der Waals surface area contributed by atoms with Crippen molar-refractivity contribution in [2.45, 2.75) is 64.5 Å². The minimum absolute atomic E-state index is 0.00874. The summed E-state index contributed by atoms with van der Waals surface area (Å²) in [5.41, 5.74) is 0. The lowest BCUT2D eigenvalue weighted by molar-refractivity contribution is -0.0502. The van der Waals surface area contributed by atoms with Crippen LogP contribution in [0.5, 0.6) is 0 Å². The zero-order valence-corrected chi connectivity index (χ0v) is 12.4. The molecule has 0 bridgehead atoms. The Hall–Kier alpha value is -0.970. The van der Waals surface area contributed by atoms with Gasteiger partial charge in [-0.2, -0.15) is 0 Å². The summed E-state index contributed by atoms with van der Waals surface area (Å²) in [6, 6.07) is 0.0981. The number of aromatic nitrogens is 2. The van der Waals surface area contributed by atoms with Gasteiger partial charge in [-0.25, -0.2) is 13.8 Å². The number of hydrogen-bond acceptors (Lipinski definition) is 2. The lowest BCUT2D eigenvalue weighted by Gasteiger charge is -2.34. The van der Waals surface area contributed by atoms with Gasteiger partial charge in [0.25, 0.3) is 0 Å². The van der Waals surface area contributed by atoms with Crippen LogP contribution >= 0.6 is 0 Å². The second-order valence-corrected chi connectivity index (χ2v) is 5.70. The summed E-state index contributed by atoms with van der Waals surface area (Å²) in [5, 5.41) is 3.52. The molecule has 20 heavy (non-hydrogen) atoms. The Morgan fingerprint density at radius 3 is 2.70 bits per heavy atom. The maximum Gasteiger partial charge on any atom is 0.248 e. The molecule has 1 aromatic heterocycles. The number of nitrogens with zero attached hydrogens (tertiary/aromatic N) is 2. The van der Waals surface area contributed by atoms with Crippen LogP contribution in [-0.2, 0) is 6.54 Å². The Labute approximate surface area is 119 Å². The summed E-state index contributed by atoms with van der Waals surface area (Å²) in [5.74, 6) is -1.21. The van der Waals surface area contributed by atoms with Gasteiger partial charge in [0.05, 0.1) is 6.04 Å².